The summed E-state index contributed by atoms with van der Waals surface area (Å²) in [5.74, 6) is 1.22. The summed E-state index contributed by atoms with van der Waals surface area (Å²) in [4.78, 5) is 12.7. The Balaban J connectivity index is 1.55. The number of hydrazine groups is 1. The second-order valence-electron chi connectivity index (χ2n) is 6.36. The molecule has 2 aromatic carbocycles. The van der Waals surface area contributed by atoms with Crippen molar-refractivity contribution in [2.24, 2.45) is 0 Å². The molecule has 4 rings (SSSR count). The number of methoxy groups -OCH3 is 1. The molecular formula is C19H21N5O2. The Kier molecular flexibility index (Phi) is 4.55. The molecule has 0 unspecified atom stereocenters. The predicted molar refractivity (Wildman–Crippen MR) is 98.7 cm³/mol. The number of benzene rings is 2. The van der Waals surface area contributed by atoms with E-state index in [1.165, 1.54) is 10.2 Å². The summed E-state index contributed by atoms with van der Waals surface area (Å²) in [5, 5.41) is 4.26. The van der Waals surface area contributed by atoms with Gasteiger partial charge in [-0.05, 0) is 35.4 Å². The fourth-order valence-corrected chi connectivity index (χ4v) is 3.17. The zero-order valence-electron chi connectivity index (χ0n) is 14.6. The molecule has 7 heteroatoms. The van der Waals surface area contributed by atoms with Crippen LogP contribution in [0.5, 0.6) is 5.75 Å². The Bertz CT molecular complexity index is 939. The smallest absolute Gasteiger partial charge is 0.350 e. The first kappa shape index (κ1) is 16.6. The zero-order chi connectivity index (χ0) is 17.9. The highest BCUT2D eigenvalue weighted by molar-refractivity contribution is 5.35. The Morgan fingerprint density at radius 1 is 1.15 bits per heavy atom. The Morgan fingerprint density at radius 2 is 1.92 bits per heavy atom. The van der Waals surface area contributed by atoms with Gasteiger partial charge in [0.15, 0.2) is 0 Å². The summed E-state index contributed by atoms with van der Waals surface area (Å²) in [6.07, 6.45) is 1.57. The van der Waals surface area contributed by atoms with Gasteiger partial charge in [0.05, 0.1) is 19.3 Å². The lowest BCUT2D eigenvalue weighted by Crippen LogP contribution is -2.24. The molecule has 2 heterocycles. The van der Waals surface area contributed by atoms with Gasteiger partial charge in [-0.25, -0.2) is 4.79 Å². The van der Waals surface area contributed by atoms with Gasteiger partial charge in [-0.2, -0.15) is 9.78 Å². The minimum Gasteiger partial charge on any atom is -0.497 e. The van der Waals surface area contributed by atoms with Crippen LogP contribution in [0, 0.1) is 0 Å². The third kappa shape index (κ3) is 3.26. The maximum absolute atomic E-state index is 12.7. The summed E-state index contributed by atoms with van der Waals surface area (Å²) < 4.78 is 8.25. The highest BCUT2D eigenvalue weighted by atomic mass is 16.5. The fraction of sp³-hybridized carbons (Fsp3) is 0.263. The fourth-order valence-electron chi connectivity index (χ4n) is 3.17. The minimum absolute atomic E-state index is 0.162. The molecule has 0 amide bonds. The Hall–Kier alpha value is -2.90. The molecule has 1 fully saturated rings. The van der Waals surface area contributed by atoms with Gasteiger partial charge in [0.25, 0.3) is 0 Å². The largest absolute Gasteiger partial charge is 0.497 e. The van der Waals surface area contributed by atoms with Crippen molar-refractivity contribution in [3.63, 3.8) is 0 Å². The van der Waals surface area contributed by atoms with Crippen LogP contribution in [0.3, 0.4) is 0 Å². The molecule has 0 saturated carbocycles. The highest BCUT2D eigenvalue weighted by Crippen LogP contribution is 2.18. The monoisotopic (exact) mass is 351 g/mol. The van der Waals surface area contributed by atoms with Crippen LogP contribution in [0.25, 0.3) is 5.69 Å². The molecule has 134 valence electrons. The molecule has 1 saturated heterocycles. The van der Waals surface area contributed by atoms with E-state index in [0.717, 1.165) is 30.1 Å². The predicted octanol–water partition coefficient (Wildman–Crippen LogP) is 1.28. The van der Waals surface area contributed by atoms with Gasteiger partial charge in [0.2, 0.25) is 0 Å². The SMILES string of the molecule is COc1cccc(Cn2cnn(-c3ccc(C4CNNC4)cc3)c2=O)c1. The second kappa shape index (κ2) is 7.15. The van der Waals surface area contributed by atoms with Crippen LogP contribution in [0.1, 0.15) is 17.0 Å². The van der Waals surface area contributed by atoms with Gasteiger partial charge in [-0.1, -0.05) is 24.3 Å². The molecule has 1 aromatic heterocycles. The Morgan fingerprint density at radius 3 is 2.65 bits per heavy atom. The molecule has 3 aromatic rings. The van der Waals surface area contributed by atoms with Crippen LogP contribution in [0.4, 0.5) is 0 Å². The van der Waals surface area contributed by atoms with E-state index in [4.69, 9.17) is 4.74 Å². The molecule has 7 nitrogen and oxygen atoms in total. The van der Waals surface area contributed by atoms with E-state index in [1.807, 2.05) is 36.4 Å². The Labute approximate surface area is 151 Å². The average molecular weight is 351 g/mol. The molecule has 1 aliphatic rings. The molecule has 0 spiro atoms. The number of hydrogen-bond donors (Lipinski definition) is 2. The molecule has 0 aliphatic carbocycles. The quantitative estimate of drug-likeness (QED) is 0.725. The van der Waals surface area contributed by atoms with Crippen molar-refractivity contribution in [2.75, 3.05) is 20.2 Å². The van der Waals surface area contributed by atoms with E-state index in [9.17, 15) is 4.79 Å². The third-order valence-corrected chi connectivity index (χ3v) is 4.65. The van der Waals surface area contributed by atoms with Crippen molar-refractivity contribution < 1.29 is 4.74 Å². The molecule has 1 aliphatic heterocycles. The second-order valence-corrected chi connectivity index (χ2v) is 6.36. The summed E-state index contributed by atoms with van der Waals surface area (Å²) in [7, 11) is 1.63. The summed E-state index contributed by atoms with van der Waals surface area (Å²) in [6, 6.07) is 15.7. The van der Waals surface area contributed by atoms with Crippen molar-refractivity contribution in [2.45, 2.75) is 12.5 Å². The van der Waals surface area contributed by atoms with Crippen molar-refractivity contribution in [1.29, 1.82) is 0 Å². The lowest BCUT2D eigenvalue weighted by molar-refractivity contribution is 0.414. The van der Waals surface area contributed by atoms with E-state index in [0.29, 0.717) is 12.5 Å². The molecule has 0 bridgehead atoms. The maximum atomic E-state index is 12.7. The molecule has 26 heavy (non-hydrogen) atoms. The first-order valence-electron chi connectivity index (χ1n) is 8.58. The van der Waals surface area contributed by atoms with Crippen molar-refractivity contribution in [1.82, 2.24) is 25.2 Å². The molecule has 2 N–H and O–H groups in total. The maximum Gasteiger partial charge on any atom is 0.350 e. The van der Waals surface area contributed by atoms with Gasteiger partial charge >= 0.3 is 5.69 Å². The summed E-state index contributed by atoms with van der Waals surface area (Å²) in [5.41, 5.74) is 9.10. The normalized spacial score (nSPS) is 14.7. The van der Waals surface area contributed by atoms with Gasteiger partial charge in [-0.3, -0.25) is 15.4 Å². The zero-order valence-corrected chi connectivity index (χ0v) is 14.6. The van der Waals surface area contributed by atoms with Crippen LogP contribution < -0.4 is 21.3 Å². The molecule has 0 radical (unpaired) electrons. The first-order valence-corrected chi connectivity index (χ1v) is 8.58. The minimum atomic E-state index is -0.162. The van der Waals surface area contributed by atoms with Crippen LogP contribution >= 0.6 is 0 Å². The average Bonchev–Trinajstić information content (AvgIpc) is 3.33. The van der Waals surface area contributed by atoms with Crippen molar-refractivity contribution in [3.8, 4) is 11.4 Å². The lowest BCUT2D eigenvalue weighted by Gasteiger charge is -2.08. The lowest BCUT2D eigenvalue weighted by atomic mass is 10.0. The van der Waals surface area contributed by atoms with Gasteiger partial charge in [0.1, 0.15) is 12.1 Å². The van der Waals surface area contributed by atoms with E-state index in [2.05, 4.69) is 28.1 Å². The van der Waals surface area contributed by atoms with Crippen LogP contribution in [-0.4, -0.2) is 34.5 Å². The number of hydrogen-bond acceptors (Lipinski definition) is 5. The number of rotatable bonds is 5. The number of ether oxygens (including phenoxy) is 1. The number of nitrogens with one attached hydrogen (secondary N) is 2. The third-order valence-electron chi connectivity index (χ3n) is 4.65. The van der Waals surface area contributed by atoms with Crippen LogP contribution in [-0.2, 0) is 6.54 Å². The van der Waals surface area contributed by atoms with Crippen molar-refractivity contribution >= 4 is 0 Å². The first-order chi connectivity index (χ1) is 12.7. The van der Waals surface area contributed by atoms with E-state index >= 15 is 0 Å². The van der Waals surface area contributed by atoms with E-state index < -0.39 is 0 Å². The van der Waals surface area contributed by atoms with Gasteiger partial charge < -0.3 is 4.74 Å². The highest BCUT2D eigenvalue weighted by Gasteiger charge is 2.16. The van der Waals surface area contributed by atoms with Crippen LogP contribution in [0.15, 0.2) is 59.7 Å². The van der Waals surface area contributed by atoms with Gasteiger partial charge in [-0.15, -0.1) is 0 Å². The van der Waals surface area contributed by atoms with Crippen LogP contribution in [0.2, 0.25) is 0 Å². The summed E-state index contributed by atoms with van der Waals surface area (Å²) >= 11 is 0. The molecular weight excluding hydrogens is 330 g/mol. The van der Waals surface area contributed by atoms with E-state index in [1.54, 1.807) is 18.0 Å². The number of nitrogens with zero attached hydrogens (tertiary/aromatic N) is 3. The van der Waals surface area contributed by atoms with E-state index in [-0.39, 0.29) is 5.69 Å². The molecule has 0 atom stereocenters. The summed E-state index contributed by atoms with van der Waals surface area (Å²) in [6.45, 7) is 2.27. The topological polar surface area (TPSA) is 73.1 Å². The standard InChI is InChI=1S/C19H21N5O2/c1-26-18-4-2-3-14(9-18)12-23-13-22-24(19(23)25)17-7-5-15(6-8-17)16-10-20-21-11-16/h2-9,13,16,20-21H,10-12H2,1H3. The van der Waals surface area contributed by atoms with Gasteiger partial charge in [0, 0.05) is 19.0 Å². The number of aromatic nitrogens is 3. The van der Waals surface area contributed by atoms with Crippen molar-refractivity contribution in [3.05, 3.63) is 76.5 Å².